The highest BCUT2D eigenvalue weighted by Crippen LogP contribution is 2.36. The zero-order chi connectivity index (χ0) is 28.1. The molecule has 0 amide bonds. The number of hydrogen-bond acceptors (Lipinski definition) is 8. The second-order valence-corrected chi connectivity index (χ2v) is 10.6. The van der Waals surface area contributed by atoms with Crippen molar-refractivity contribution in [3.8, 4) is 17.0 Å². The van der Waals surface area contributed by atoms with Gasteiger partial charge < -0.3 is 19.9 Å². The summed E-state index contributed by atoms with van der Waals surface area (Å²) in [5.74, 6) is 1.27. The number of aromatic nitrogens is 4. The quantitative estimate of drug-likeness (QED) is 0.241. The van der Waals surface area contributed by atoms with Crippen molar-refractivity contribution in [1.29, 1.82) is 0 Å². The van der Waals surface area contributed by atoms with Crippen LogP contribution in [0.15, 0.2) is 54.7 Å². The second-order valence-electron chi connectivity index (χ2n) is 10.2. The zero-order valence-electron chi connectivity index (χ0n) is 23.1. The van der Waals surface area contributed by atoms with Gasteiger partial charge in [0.2, 0.25) is 5.95 Å². The highest BCUT2D eigenvalue weighted by molar-refractivity contribution is 6.33. The summed E-state index contributed by atoms with van der Waals surface area (Å²) in [4.78, 5) is 26.4. The van der Waals surface area contributed by atoms with Gasteiger partial charge in [-0.05, 0) is 75.3 Å². The number of carbonyl (C=O) groups is 1. The lowest BCUT2D eigenvalue weighted by molar-refractivity contribution is -0.114. The van der Waals surface area contributed by atoms with E-state index in [4.69, 9.17) is 21.3 Å². The van der Waals surface area contributed by atoms with Gasteiger partial charge >= 0.3 is 0 Å². The Balaban J connectivity index is 1.45. The molecule has 5 rings (SSSR count). The molecule has 0 unspecified atom stereocenters. The number of hydrogen-bond donors (Lipinski definition) is 2. The number of benzene rings is 2. The first-order valence-electron chi connectivity index (χ1n) is 13.5. The van der Waals surface area contributed by atoms with Crippen LogP contribution in [0.3, 0.4) is 0 Å². The molecule has 1 saturated heterocycles. The number of carbonyl (C=O) groups excluding carboxylic acids is 1. The molecule has 2 N–H and O–H groups in total. The number of fused-ring (bicyclic) bond motifs is 1. The van der Waals surface area contributed by atoms with Crippen molar-refractivity contribution >= 4 is 45.7 Å². The van der Waals surface area contributed by atoms with Gasteiger partial charge in [-0.1, -0.05) is 23.7 Å². The molecule has 0 atom stereocenters. The lowest BCUT2D eigenvalue weighted by Gasteiger charge is -2.30. The predicted octanol–water partition coefficient (Wildman–Crippen LogP) is 5.65. The van der Waals surface area contributed by atoms with E-state index in [0.29, 0.717) is 34.4 Å². The Hall–Kier alpha value is -3.95. The lowest BCUT2D eigenvalue weighted by atomic mass is 10.0. The molecule has 2 aromatic carbocycles. The van der Waals surface area contributed by atoms with Crippen LogP contribution in [0, 0.1) is 0 Å². The first-order chi connectivity index (χ1) is 19.4. The molecule has 1 aliphatic heterocycles. The number of aromatic amines is 1. The van der Waals surface area contributed by atoms with Gasteiger partial charge in [-0.15, -0.1) is 0 Å². The standard InChI is InChI=1S/C30H34ClN7O2/c1-37(2)13-7-8-22(39)16-20-9-11-25(31)23(17-20)28-24-19-32-36-29(24)35-30(34-28)33-21-10-12-27(40-3)26(18-21)38-14-5-4-6-15-38/h7-12,17-19H,4-6,13-16H2,1-3H3,(H2,32,33,34,35,36)/b8-7+. The molecular formula is C30H34ClN7O2. The topological polar surface area (TPSA) is 99.3 Å². The number of rotatable bonds is 10. The van der Waals surface area contributed by atoms with E-state index in [1.807, 2.05) is 49.3 Å². The van der Waals surface area contributed by atoms with Crippen molar-refractivity contribution in [3.63, 3.8) is 0 Å². The summed E-state index contributed by atoms with van der Waals surface area (Å²) < 4.78 is 5.65. The Morgan fingerprint density at radius 2 is 1.98 bits per heavy atom. The summed E-state index contributed by atoms with van der Waals surface area (Å²) in [5, 5.41) is 11.8. The fraction of sp³-hybridized carbons (Fsp3) is 0.333. The molecule has 9 nitrogen and oxygen atoms in total. The van der Waals surface area contributed by atoms with Crippen LogP contribution in [-0.4, -0.2) is 71.7 Å². The first kappa shape index (κ1) is 27.6. The molecule has 3 heterocycles. The van der Waals surface area contributed by atoms with Crippen molar-refractivity contribution in [2.75, 3.05) is 51.1 Å². The maximum atomic E-state index is 12.5. The minimum absolute atomic E-state index is 0.0256. The summed E-state index contributed by atoms with van der Waals surface area (Å²) in [6.45, 7) is 2.72. The second kappa shape index (κ2) is 12.5. The van der Waals surface area contributed by atoms with Crippen LogP contribution < -0.4 is 15.0 Å². The Labute approximate surface area is 239 Å². The van der Waals surface area contributed by atoms with E-state index in [2.05, 4.69) is 31.5 Å². The first-order valence-corrected chi connectivity index (χ1v) is 13.8. The number of nitrogens with zero attached hydrogens (tertiary/aromatic N) is 5. The molecule has 2 aromatic heterocycles. The van der Waals surface area contributed by atoms with E-state index >= 15 is 0 Å². The van der Waals surface area contributed by atoms with Crippen LogP contribution in [0.4, 0.5) is 17.3 Å². The van der Waals surface area contributed by atoms with Crippen LogP contribution in [0.5, 0.6) is 5.75 Å². The molecule has 0 bridgehead atoms. The largest absolute Gasteiger partial charge is 0.495 e. The van der Waals surface area contributed by atoms with E-state index in [1.54, 1.807) is 25.4 Å². The van der Waals surface area contributed by atoms with Crippen molar-refractivity contribution in [3.05, 3.63) is 65.3 Å². The highest BCUT2D eigenvalue weighted by Gasteiger charge is 2.18. The van der Waals surface area contributed by atoms with Gasteiger partial charge in [-0.2, -0.15) is 10.1 Å². The van der Waals surface area contributed by atoms with Crippen LogP contribution in [-0.2, 0) is 11.2 Å². The number of ketones is 1. The maximum absolute atomic E-state index is 12.5. The van der Waals surface area contributed by atoms with Gasteiger partial charge in [-0.25, -0.2) is 4.98 Å². The number of nitrogens with one attached hydrogen (secondary N) is 2. The Morgan fingerprint density at radius 3 is 2.75 bits per heavy atom. The molecule has 0 radical (unpaired) electrons. The molecule has 0 saturated carbocycles. The van der Waals surface area contributed by atoms with Gasteiger partial charge in [0, 0.05) is 37.3 Å². The minimum Gasteiger partial charge on any atom is -0.495 e. The molecule has 208 valence electrons. The molecule has 1 fully saturated rings. The van der Waals surface area contributed by atoms with E-state index in [-0.39, 0.29) is 12.2 Å². The third-order valence-electron chi connectivity index (χ3n) is 6.88. The molecule has 4 aromatic rings. The molecule has 0 aliphatic carbocycles. The fourth-order valence-electron chi connectivity index (χ4n) is 4.89. The van der Waals surface area contributed by atoms with Crippen LogP contribution in [0.2, 0.25) is 5.02 Å². The Bertz CT molecular complexity index is 1530. The lowest BCUT2D eigenvalue weighted by Crippen LogP contribution is -2.29. The number of H-pyrrole nitrogens is 1. The fourth-order valence-corrected chi connectivity index (χ4v) is 5.10. The number of halogens is 1. The van der Waals surface area contributed by atoms with Gasteiger partial charge in [0.25, 0.3) is 0 Å². The molecule has 1 aliphatic rings. The average molecular weight is 560 g/mol. The van der Waals surface area contributed by atoms with Crippen LogP contribution in [0.25, 0.3) is 22.3 Å². The summed E-state index contributed by atoms with van der Waals surface area (Å²) in [7, 11) is 5.62. The third kappa shape index (κ3) is 6.43. The number of piperidine rings is 1. The Kier molecular flexibility index (Phi) is 8.62. The summed E-state index contributed by atoms with van der Waals surface area (Å²) >= 11 is 6.67. The smallest absolute Gasteiger partial charge is 0.229 e. The van der Waals surface area contributed by atoms with Crippen LogP contribution in [0.1, 0.15) is 24.8 Å². The SMILES string of the molecule is COc1ccc(Nc2nc(-c3cc(CC(=O)/C=C/CN(C)C)ccc3Cl)c3cn[nH]c3n2)cc1N1CCCCC1. The third-order valence-corrected chi connectivity index (χ3v) is 7.21. The van der Waals surface area contributed by atoms with Crippen molar-refractivity contribution in [2.24, 2.45) is 0 Å². The highest BCUT2D eigenvalue weighted by atomic mass is 35.5. The number of anilines is 3. The number of allylic oxidation sites excluding steroid dienone is 1. The predicted molar refractivity (Wildman–Crippen MR) is 161 cm³/mol. The van der Waals surface area contributed by atoms with Gasteiger partial charge in [-0.3, -0.25) is 9.89 Å². The summed E-state index contributed by atoms with van der Waals surface area (Å²) in [5.41, 5.74) is 4.68. The Morgan fingerprint density at radius 1 is 1.15 bits per heavy atom. The van der Waals surface area contributed by atoms with Crippen molar-refractivity contribution < 1.29 is 9.53 Å². The van der Waals surface area contributed by atoms with Crippen molar-refractivity contribution in [2.45, 2.75) is 25.7 Å². The van der Waals surface area contributed by atoms with Crippen molar-refractivity contribution in [1.82, 2.24) is 25.1 Å². The monoisotopic (exact) mass is 559 g/mol. The maximum Gasteiger partial charge on any atom is 0.229 e. The normalized spacial score (nSPS) is 13.9. The average Bonchev–Trinajstić information content (AvgIpc) is 3.43. The number of ether oxygens (including phenoxy) is 1. The van der Waals surface area contributed by atoms with Gasteiger partial charge in [0.15, 0.2) is 11.4 Å². The molecule has 10 heteroatoms. The number of methoxy groups -OCH3 is 1. The number of likely N-dealkylation sites (N-methyl/N-ethyl adjacent to an activating group) is 1. The summed E-state index contributed by atoms with van der Waals surface area (Å²) in [6.07, 6.45) is 9.04. The molecule has 40 heavy (non-hydrogen) atoms. The van der Waals surface area contributed by atoms with E-state index in [1.165, 1.54) is 19.3 Å². The van der Waals surface area contributed by atoms with E-state index in [0.717, 1.165) is 41.2 Å². The molecular weight excluding hydrogens is 526 g/mol. The summed E-state index contributed by atoms with van der Waals surface area (Å²) in [6, 6.07) is 11.6. The minimum atomic E-state index is 0.0256. The molecule has 0 spiro atoms. The van der Waals surface area contributed by atoms with E-state index < -0.39 is 0 Å². The van der Waals surface area contributed by atoms with E-state index in [9.17, 15) is 4.79 Å². The van der Waals surface area contributed by atoms with Crippen LogP contribution >= 0.6 is 11.6 Å². The van der Waals surface area contributed by atoms with Gasteiger partial charge in [0.1, 0.15) is 5.75 Å². The van der Waals surface area contributed by atoms with Gasteiger partial charge in [0.05, 0.1) is 35.1 Å². The zero-order valence-corrected chi connectivity index (χ0v) is 23.8.